The van der Waals surface area contributed by atoms with Crippen LogP contribution in [0.2, 0.25) is 0 Å². The first-order chi connectivity index (χ1) is 18.7. The normalized spacial score (nSPS) is 12.5. The highest BCUT2D eigenvalue weighted by Crippen LogP contribution is 2.37. The standard InChI is InChI=1S/C30H28N2O5S2/c1-30(2,3)37-29(35)32-24(28(33)34)17-38-15-20-16-39-27(31-20)19-9-6-8-18(14-19)21-11-7-12-23-22-10-4-5-13-25(22)36-26(21)23/h4-14,16,24H,15,17H2,1-3H3,(H,32,35)(H,33,34)/t24-/m0/s1. The van der Waals surface area contributed by atoms with Crippen molar-refractivity contribution < 1.29 is 23.8 Å². The number of para-hydroxylation sites is 2. The Kier molecular flexibility index (Phi) is 7.63. The number of aromatic nitrogens is 1. The van der Waals surface area contributed by atoms with Gasteiger partial charge in [0.1, 0.15) is 27.8 Å². The van der Waals surface area contributed by atoms with Gasteiger partial charge in [0.2, 0.25) is 0 Å². The first kappa shape index (κ1) is 26.8. The van der Waals surface area contributed by atoms with Crippen LogP contribution in [-0.4, -0.2) is 39.5 Å². The maximum atomic E-state index is 12.0. The van der Waals surface area contributed by atoms with Crippen LogP contribution in [0.5, 0.6) is 0 Å². The zero-order valence-corrected chi connectivity index (χ0v) is 23.4. The lowest BCUT2D eigenvalue weighted by molar-refractivity contribution is -0.138. The number of hydrogen-bond acceptors (Lipinski definition) is 7. The Hall–Kier alpha value is -3.82. The number of furan rings is 1. The van der Waals surface area contributed by atoms with Gasteiger partial charge in [0.15, 0.2) is 0 Å². The first-order valence-corrected chi connectivity index (χ1v) is 14.5. The lowest BCUT2D eigenvalue weighted by atomic mass is 10.0. The predicted molar refractivity (Wildman–Crippen MR) is 157 cm³/mol. The third-order valence-corrected chi connectivity index (χ3v) is 7.91. The Balaban J connectivity index is 1.28. The van der Waals surface area contributed by atoms with Crippen molar-refractivity contribution in [3.63, 3.8) is 0 Å². The van der Waals surface area contributed by atoms with Crippen LogP contribution in [0.25, 0.3) is 43.6 Å². The van der Waals surface area contributed by atoms with Crippen molar-refractivity contribution in [1.29, 1.82) is 0 Å². The minimum atomic E-state index is -1.11. The van der Waals surface area contributed by atoms with Crippen molar-refractivity contribution in [1.82, 2.24) is 10.3 Å². The molecular formula is C30H28N2O5S2. The van der Waals surface area contributed by atoms with E-state index in [1.54, 1.807) is 32.1 Å². The van der Waals surface area contributed by atoms with Gasteiger partial charge >= 0.3 is 12.1 Å². The summed E-state index contributed by atoms with van der Waals surface area (Å²) >= 11 is 2.94. The van der Waals surface area contributed by atoms with Gasteiger partial charge in [-0.3, -0.25) is 0 Å². The Morgan fingerprint density at radius 1 is 1.05 bits per heavy atom. The molecule has 0 fully saturated rings. The maximum Gasteiger partial charge on any atom is 0.408 e. The number of nitrogens with one attached hydrogen (secondary N) is 1. The molecule has 0 spiro atoms. The van der Waals surface area contributed by atoms with Gasteiger partial charge in [-0.25, -0.2) is 14.6 Å². The van der Waals surface area contributed by atoms with E-state index in [9.17, 15) is 14.7 Å². The number of thiazole rings is 1. The molecule has 200 valence electrons. The molecule has 5 rings (SSSR count). The Morgan fingerprint density at radius 3 is 2.59 bits per heavy atom. The quantitative estimate of drug-likeness (QED) is 0.202. The van der Waals surface area contributed by atoms with E-state index in [2.05, 4.69) is 35.6 Å². The second-order valence-corrected chi connectivity index (χ2v) is 11.9. The molecule has 0 bridgehead atoms. The van der Waals surface area contributed by atoms with E-state index < -0.39 is 23.7 Å². The number of alkyl carbamates (subject to hydrolysis) is 1. The van der Waals surface area contributed by atoms with Crippen LogP contribution < -0.4 is 5.32 Å². The molecule has 39 heavy (non-hydrogen) atoms. The molecule has 0 unspecified atom stereocenters. The first-order valence-electron chi connectivity index (χ1n) is 12.4. The summed E-state index contributed by atoms with van der Waals surface area (Å²) in [5, 5.41) is 17.0. The number of amides is 1. The number of carbonyl (C=O) groups is 2. The fourth-order valence-electron chi connectivity index (χ4n) is 4.21. The average Bonchev–Trinajstić information content (AvgIpc) is 3.52. The fourth-order valence-corrected chi connectivity index (χ4v) is 6.06. The minimum absolute atomic E-state index is 0.193. The number of nitrogens with zero attached hydrogens (tertiary/aromatic N) is 1. The molecule has 7 nitrogen and oxygen atoms in total. The Morgan fingerprint density at radius 2 is 1.79 bits per heavy atom. The van der Waals surface area contributed by atoms with Gasteiger partial charge in [-0.15, -0.1) is 11.3 Å². The molecule has 3 aromatic carbocycles. The van der Waals surface area contributed by atoms with Crippen molar-refractivity contribution in [2.75, 3.05) is 5.75 Å². The van der Waals surface area contributed by atoms with Crippen LogP contribution in [0, 0.1) is 0 Å². The van der Waals surface area contributed by atoms with Crippen molar-refractivity contribution in [2.24, 2.45) is 0 Å². The molecule has 0 saturated heterocycles. The van der Waals surface area contributed by atoms with Gasteiger partial charge in [0, 0.05) is 38.8 Å². The monoisotopic (exact) mass is 560 g/mol. The summed E-state index contributed by atoms with van der Waals surface area (Å²) in [7, 11) is 0. The fraction of sp³-hybridized carbons (Fsp3) is 0.233. The molecule has 0 aliphatic carbocycles. The van der Waals surface area contributed by atoms with Crippen LogP contribution in [0.4, 0.5) is 4.79 Å². The van der Waals surface area contributed by atoms with Crippen LogP contribution in [0.1, 0.15) is 26.5 Å². The molecule has 2 heterocycles. The predicted octanol–water partition coefficient (Wildman–Crippen LogP) is 7.59. The largest absolute Gasteiger partial charge is 0.480 e. The maximum absolute atomic E-state index is 12.0. The SMILES string of the molecule is CC(C)(C)OC(=O)N[C@@H](CSCc1csc(-c2cccc(-c3cccc4c3oc3ccccc34)c2)n1)C(=O)O. The van der Waals surface area contributed by atoms with Crippen molar-refractivity contribution >= 4 is 57.1 Å². The molecule has 0 aliphatic rings. The smallest absolute Gasteiger partial charge is 0.408 e. The van der Waals surface area contributed by atoms with Crippen LogP contribution in [-0.2, 0) is 15.3 Å². The molecule has 1 amide bonds. The molecule has 0 saturated carbocycles. The highest BCUT2D eigenvalue weighted by molar-refractivity contribution is 7.98. The summed E-state index contributed by atoms with van der Waals surface area (Å²) in [6, 6.07) is 21.4. The average molecular weight is 561 g/mol. The Bertz CT molecular complexity index is 1650. The van der Waals surface area contributed by atoms with Gasteiger partial charge in [-0.2, -0.15) is 11.8 Å². The van der Waals surface area contributed by atoms with Crippen LogP contribution in [0.3, 0.4) is 0 Å². The molecule has 5 aromatic rings. The zero-order valence-electron chi connectivity index (χ0n) is 21.8. The molecule has 1 atom stereocenters. The summed E-state index contributed by atoms with van der Waals surface area (Å²) in [5.74, 6) is -0.393. The molecule has 2 N–H and O–H groups in total. The second-order valence-electron chi connectivity index (χ2n) is 10.1. The molecule has 0 aliphatic heterocycles. The number of fused-ring (bicyclic) bond motifs is 3. The van der Waals surface area contributed by atoms with E-state index >= 15 is 0 Å². The third kappa shape index (κ3) is 6.26. The van der Waals surface area contributed by atoms with E-state index in [1.807, 2.05) is 41.8 Å². The van der Waals surface area contributed by atoms with Crippen molar-refractivity contribution in [3.05, 3.63) is 77.8 Å². The number of rotatable bonds is 8. The van der Waals surface area contributed by atoms with Gasteiger partial charge in [0.05, 0.1) is 5.69 Å². The van der Waals surface area contributed by atoms with Gasteiger partial charge in [-0.05, 0) is 38.5 Å². The number of hydrogen-bond donors (Lipinski definition) is 2. The topological polar surface area (TPSA) is 102 Å². The highest BCUT2D eigenvalue weighted by atomic mass is 32.2. The summed E-state index contributed by atoms with van der Waals surface area (Å²) in [5.41, 5.74) is 4.94. The van der Waals surface area contributed by atoms with E-state index in [0.717, 1.165) is 49.3 Å². The van der Waals surface area contributed by atoms with E-state index in [1.165, 1.54) is 11.8 Å². The molecule has 2 aromatic heterocycles. The molecule has 9 heteroatoms. The minimum Gasteiger partial charge on any atom is -0.480 e. The number of carboxylic acid groups (broad SMARTS) is 1. The summed E-state index contributed by atoms with van der Waals surface area (Å²) < 4.78 is 11.4. The summed E-state index contributed by atoms with van der Waals surface area (Å²) in [4.78, 5) is 28.4. The van der Waals surface area contributed by atoms with Crippen LogP contribution >= 0.6 is 23.1 Å². The van der Waals surface area contributed by atoms with E-state index in [0.29, 0.717) is 5.75 Å². The summed E-state index contributed by atoms with van der Waals surface area (Å²) in [6.45, 7) is 5.18. The van der Waals surface area contributed by atoms with Gasteiger partial charge in [-0.1, -0.05) is 54.6 Å². The van der Waals surface area contributed by atoms with Gasteiger partial charge < -0.3 is 19.6 Å². The van der Waals surface area contributed by atoms with Crippen molar-refractivity contribution in [3.8, 4) is 21.7 Å². The van der Waals surface area contributed by atoms with E-state index in [4.69, 9.17) is 14.1 Å². The van der Waals surface area contributed by atoms with Crippen molar-refractivity contribution in [2.45, 2.75) is 38.2 Å². The number of carbonyl (C=O) groups excluding carboxylic acids is 1. The number of carboxylic acids is 1. The molecule has 0 radical (unpaired) electrons. The number of aliphatic carboxylic acids is 1. The number of benzene rings is 3. The van der Waals surface area contributed by atoms with Crippen LogP contribution in [0.15, 0.2) is 76.5 Å². The van der Waals surface area contributed by atoms with Gasteiger partial charge in [0.25, 0.3) is 0 Å². The number of thioether (sulfide) groups is 1. The molecular weight excluding hydrogens is 532 g/mol. The summed E-state index contributed by atoms with van der Waals surface area (Å²) in [6.07, 6.45) is -0.746. The lowest BCUT2D eigenvalue weighted by Crippen LogP contribution is -2.44. The zero-order chi connectivity index (χ0) is 27.6. The third-order valence-electron chi connectivity index (χ3n) is 5.90. The number of ether oxygens (including phenoxy) is 1. The lowest BCUT2D eigenvalue weighted by Gasteiger charge is -2.21. The highest BCUT2D eigenvalue weighted by Gasteiger charge is 2.24. The second kappa shape index (κ2) is 11.1. The Labute approximate surface area is 234 Å². The van der Waals surface area contributed by atoms with E-state index in [-0.39, 0.29) is 5.75 Å².